The summed E-state index contributed by atoms with van der Waals surface area (Å²) in [5.41, 5.74) is 4.75. The van der Waals surface area contributed by atoms with Crippen LogP contribution in [0.2, 0.25) is 0 Å². The quantitative estimate of drug-likeness (QED) is 0.576. The highest BCUT2D eigenvalue weighted by molar-refractivity contribution is 6.08. The predicted octanol–water partition coefficient (Wildman–Crippen LogP) is 4.60. The zero-order valence-corrected chi connectivity index (χ0v) is 15.7. The number of carbonyl (C=O) groups excluding carboxylic acids is 1. The molecule has 0 amide bonds. The Kier molecular flexibility index (Phi) is 3.43. The number of Topliss-reactive ketones (excluding diaryl/α,β-unsaturated/α-hetero) is 1. The highest BCUT2D eigenvalue weighted by Gasteiger charge is 2.63. The Morgan fingerprint density at radius 3 is 2.30 bits per heavy atom. The summed E-state index contributed by atoms with van der Waals surface area (Å²) in [6.07, 6.45) is 4.35. The van der Waals surface area contributed by atoms with E-state index >= 15 is 0 Å². The van der Waals surface area contributed by atoms with Crippen molar-refractivity contribution in [2.75, 3.05) is 21.1 Å². The van der Waals surface area contributed by atoms with Gasteiger partial charge in [0, 0.05) is 11.0 Å². The SMILES string of the molecule is Cc1cc(/C=C2\C(=O)[C@]3(C)CC[C@H]2C3(C)C)ccc1[N+](C)(C)C. The molecule has 2 fully saturated rings. The third-order valence-corrected chi connectivity index (χ3v) is 6.63. The highest BCUT2D eigenvalue weighted by atomic mass is 16.1. The van der Waals surface area contributed by atoms with Gasteiger partial charge in [-0.1, -0.05) is 20.8 Å². The molecule has 0 heterocycles. The predicted molar refractivity (Wildman–Crippen MR) is 98.3 cm³/mol. The van der Waals surface area contributed by atoms with Crippen molar-refractivity contribution in [3.05, 3.63) is 34.9 Å². The third-order valence-electron chi connectivity index (χ3n) is 6.63. The minimum Gasteiger partial charge on any atom is -0.298 e. The molecule has 1 aromatic carbocycles. The first-order chi connectivity index (χ1) is 10.5. The molecule has 2 saturated carbocycles. The van der Waals surface area contributed by atoms with Crippen molar-refractivity contribution in [1.82, 2.24) is 4.48 Å². The standard InChI is InChI=1S/C21H30NO/c1-14-12-15(8-9-18(14)22(5,6)7)13-16-17-10-11-21(4,19(16)23)20(17,2)3/h8-9,12-13,17H,10-11H2,1-7H3/q+1/b16-13-/t17-,21+/m1/s1. The molecule has 2 nitrogen and oxygen atoms in total. The second kappa shape index (κ2) is 4.80. The van der Waals surface area contributed by atoms with Crippen LogP contribution in [0.1, 0.15) is 44.7 Å². The molecule has 0 aliphatic heterocycles. The van der Waals surface area contributed by atoms with Crippen LogP contribution in [0.4, 0.5) is 5.69 Å². The van der Waals surface area contributed by atoms with Crippen LogP contribution in [0, 0.1) is 23.7 Å². The number of allylic oxidation sites excluding steroid dienone is 1. The van der Waals surface area contributed by atoms with Crippen LogP contribution < -0.4 is 4.48 Å². The van der Waals surface area contributed by atoms with Gasteiger partial charge in [0.05, 0.1) is 21.1 Å². The molecular formula is C21H30NO+. The lowest BCUT2D eigenvalue weighted by Gasteiger charge is -2.31. The zero-order valence-electron chi connectivity index (χ0n) is 15.7. The third kappa shape index (κ3) is 2.22. The normalized spacial score (nSPS) is 31.2. The number of hydrogen-bond acceptors (Lipinski definition) is 1. The Hall–Kier alpha value is -1.41. The molecule has 2 heteroatoms. The number of hydrogen-bond donors (Lipinski definition) is 0. The Balaban J connectivity index is 2.01. The lowest BCUT2D eigenvalue weighted by molar-refractivity contribution is -0.125. The molecular weight excluding hydrogens is 282 g/mol. The van der Waals surface area contributed by atoms with Gasteiger partial charge in [0.25, 0.3) is 0 Å². The monoisotopic (exact) mass is 312 g/mol. The molecule has 0 spiro atoms. The summed E-state index contributed by atoms with van der Waals surface area (Å²) in [6.45, 7) is 8.87. The number of nitrogens with zero attached hydrogens (tertiary/aromatic N) is 1. The van der Waals surface area contributed by atoms with E-state index in [2.05, 4.69) is 73.1 Å². The molecule has 2 atom stereocenters. The van der Waals surface area contributed by atoms with E-state index in [0.717, 1.165) is 28.5 Å². The fourth-order valence-electron chi connectivity index (χ4n) is 4.79. The van der Waals surface area contributed by atoms with Gasteiger partial charge in [-0.2, -0.15) is 0 Å². The van der Waals surface area contributed by atoms with Crippen LogP contribution in [0.3, 0.4) is 0 Å². The summed E-state index contributed by atoms with van der Waals surface area (Å²) >= 11 is 0. The summed E-state index contributed by atoms with van der Waals surface area (Å²) in [6, 6.07) is 6.58. The number of benzene rings is 1. The van der Waals surface area contributed by atoms with E-state index in [1.165, 1.54) is 11.3 Å². The minimum absolute atomic E-state index is 0.0905. The second-order valence-electron chi connectivity index (χ2n) is 9.13. The molecule has 0 unspecified atom stereocenters. The van der Waals surface area contributed by atoms with E-state index in [1.807, 2.05) is 0 Å². The Morgan fingerprint density at radius 2 is 1.83 bits per heavy atom. The van der Waals surface area contributed by atoms with Crippen LogP contribution >= 0.6 is 0 Å². The number of aryl methyl sites for hydroxylation is 1. The van der Waals surface area contributed by atoms with Gasteiger partial charge < -0.3 is 0 Å². The summed E-state index contributed by atoms with van der Waals surface area (Å²) in [5, 5.41) is 0. The van der Waals surface area contributed by atoms with Crippen molar-refractivity contribution < 1.29 is 4.79 Å². The molecule has 0 radical (unpaired) electrons. The van der Waals surface area contributed by atoms with Gasteiger partial charge in [-0.05, 0) is 66.5 Å². The van der Waals surface area contributed by atoms with Crippen LogP contribution in [0.25, 0.3) is 6.08 Å². The Labute approximate surface area is 140 Å². The van der Waals surface area contributed by atoms with Crippen molar-refractivity contribution in [2.45, 2.75) is 40.5 Å². The molecule has 124 valence electrons. The van der Waals surface area contributed by atoms with Gasteiger partial charge in [-0.25, -0.2) is 0 Å². The smallest absolute Gasteiger partial charge is 0.165 e. The maximum Gasteiger partial charge on any atom is 0.165 e. The number of fused-ring (bicyclic) bond motifs is 2. The second-order valence-corrected chi connectivity index (χ2v) is 9.13. The summed E-state index contributed by atoms with van der Waals surface area (Å²) in [5.74, 6) is 0.797. The first kappa shape index (κ1) is 16.4. The van der Waals surface area contributed by atoms with Gasteiger partial charge >= 0.3 is 0 Å². The van der Waals surface area contributed by atoms with Gasteiger partial charge in [0.2, 0.25) is 0 Å². The molecule has 0 aromatic heterocycles. The van der Waals surface area contributed by atoms with E-state index < -0.39 is 0 Å². The van der Waals surface area contributed by atoms with Crippen molar-refractivity contribution in [2.24, 2.45) is 16.7 Å². The van der Waals surface area contributed by atoms with Crippen LogP contribution in [-0.4, -0.2) is 26.9 Å². The van der Waals surface area contributed by atoms with E-state index in [9.17, 15) is 4.79 Å². The molecule has 3 rings (SSSR count). The number of quaternary nitrogens is 1. The Morgan fingerprint density at radius 1 is 1.17 bits per heavy atom. The summed E-state index contributed by atoms with van der Waals surface area (Å²) in [4.78, 5) is 12.9. The van der Waals surface area contributed by atoms with Gasteiger partial charge in [-0.3, -0.25) is 9.28 Å². The van der Waals surface area contributed by atoms with Crippen molar-refractivity contribution in [3.8, 4) is 0 Å². The van der Waals surface area contributed by atoms with Crippen LogP contribution in [-0.2, 0) is 4.79 Å². The van der Waals surface area contributed by atoms with E-state index in [0.29, 0.717) is 11.7 Å². The number of rotatable bonds is 2. The zero-order chi connectivity index (χ0) is 17.2. The molecule has 2 bridgehead atoms. The fourth-order valence-corrected chi connectivity index (χ4v) is 4.79. The van der Waals surface area contributed by atoms with E-state index in [4.69, 9.17) is 0 Å². The number of carbonyl (C=O) groups is 1. The lowest BCUT2D eigenvalue weighted by atomic mass is 9.70. The van der Waals surface area contributed by atoms with Crippen molar-refractivity contribution in [1.29, 1.82) is 0 Å². The lowest BCUT2D eigenvalue weighted by Crippen LogP contribution is -2.35. The maximum absolute atomic E-state index is 12.9. The fraction of sp³-hybridized carbons (Fsp3) is 0.571. The van der Waals surface area contributed by atoms with Crippen molar-refractivity contribution in [3.63, 3.8) is 0 Å². The minimum atomic E-state index is -0.166. The molecule has 2 aliphatic carbocycles. The first-order valence-electron chi connectivity index (χ1n) is 8.67. The molecule has 0 N–H and O–H groups in total. The highest BCUT2D eigenvalue weighted by Crippen LogP contribution is 2.65. The molecule has 2 aliphatic rings. The van der Waals surface area contributed by atoms with Gasteiger partial charge in [0.1, 0.15) is 5.69 Å². The van der Waals surface area contributed by atoms with Gasteiger partial charge in [-0.15, -0.1) is 0 Å². The number of ketones is 1. The largest absolute Gasteiger partial charge is 0.298 e. The summed E-state index contributed by atoms with van der Waals surface area (Å²) in [7, 11) is 6.55. The van der Waals surface area contributed by atoms with E-state index in [1.54, 1.807) is 0 Å². The topological polar surface area (TPSA) is 17.1 Å². The van der Waals surface area contributed by atoms with Gasteiger partial charge in [0.15, 0.2) is 5.78 Å². The average molecular weight is 312 g/mol. The molecule has 23 heavy (non-hydrogen) atoms. The van der Waals surface area contributed by atoms with E-state index in [-0.39, 0.29) is 10.8 Å². The molecule has 0 saturated heterocycles. The average Bonchev–Trinajstić information content (AvgIpc) is 2.72. The first-order valence-corrected chi connectivity index (χ1v) is 8.67. The van der Waals surface area contributed by atoms with Crippen molar-refractivity contribution >= 4 is 17.5 Å². The van der Waals surface area contributed by atoms with Crippen LogP contribution in [0.5, 0.6) is 0 Å². The summed E-state index contributed by atoms with van der Waals surface area (Å²) < 4.78 is 0.815. The maximum atomic E-state index is 12.9. The Bertz CT molecular complexity index is 705. The van der Waals surface area contributed by atoms with Crippen LogP contribution in [0.15, 0.2) is 23.8 Å². The molecule has 1 aromatic rings.